The molecule has 0 radical (unpaired) electrons. The number of carbonyl (C=O) groups excluding carboxylic acids is 1. The van der Waals surface area contributed by atoms with E-state index < -0.39 is 5.91 Å². The van der Waals surface area contributed by atoms with Gasteiger partial charge in [0.05, 0.1) is 12.8 Å². The Morgan fingerprint density at radius 1 is 1.15 bits per heavy atom. The van der Waals surface area contributed by atoms with Crippen molar-refractivity contribution in [2.45, 2.75) is 6.54 Å². The lowest BCUT2D eigenvalue weighted by molar-refractivity contribution is 0.0953. The molecule has 136 valence electrons. The molecule has 3 rings (SSSR count). The molecule has 0 atom stereocenters. The first kappa shape index (κ1) is 19.1. The smallest absolute Gasteiger partial charge is 0.276 e. The van der Waals surface area contributed by atoms with E-state index in [4.69, 9.17) is 11.6 Å². The van der Waals surface area contributed by atoms with E-state index >= 15 is 0 Å². The molecule has 5 nitrogen and oxygen atoms in total. The number of pyridine rings is 1. The number of hydrogen-bond donors (Lipinski definition) is 1. The molecule has 0 fully saturated rings. The average Bonchev–Trinajstić information content (AvgIpc) is 2.65. The molecule has 0 saturated heterocycles. The number of hydrazone groups is 1. The Morgan fingerprint density at radius 3 is 2.67 bits per heavy atom. The second-order valence-electron chi connectivity index (χ2n) is 5.74. The quantitative estimate of drug-likeness (QED) is 0.476. The topological polar surface area (TPSA) is 63.5 Å². The predicted molar refractivity (Wildman–Crippen MR) is 110 cm³/mol. The Balaban J connectivity index is 1.73. The Morgan fingerprint density at radius 2 is 1.93 bits per heavy atom. The minimum absolute atomic E-state index is 0.0258. The number of halogens is 2. The molecule has 1 heterocycles. The molecule has 0 aliphatic carbocycles. The van der Waals surface area contributed by atoms with Crippen molar-refractivity contribution in [1.29, 1.82) is 0 Å². The molecule has 3 aromatic rings. The van der Waals surface area contributed by atoms with Gasteiger partial charge in [-0.15, -0.1) is 0 Å². The highest BCUT2D eigenvalue weighted by Crippen LogP contribution is 2.11. The largest absolute Gasteiger partial charge is 0.310 e. The van der Waals surface area contributed by atoms with Gasteiger partial charge in [0, 0.05) is 15.7 Å². The van der Waals surface area contributed by atoms with Crippen molar-refractivity contribution in [3.05, 3.63) is 103 Å². The van der Waals surface area contributed by atoms with Crippen LogP contribution in [-0.2, 0) is 6.54 Å². The van der Waals surface area contributed by atoms with E-state index in [1.807, 2.05) is 36.4 Å². The van der Waals surface area contributed by atoms with E-state index in [9.17, 15) is 9.59 Å². The van der Waals surface area contributed by atoms with Crippen molar-refractivity contribution in [3.63, 3.8) is 0 Å². The zero-order valence-corrected chi connectivity index (χ0v) is 16.4. The number of nitrogens with one attached hydrogen (secondary N) is 1. The summed E-state index contributed by atoms with van der Waals surface area (Å²) in [5, 5.41) is 4.54. The number of aromatic nitrogens is 1. The predicted octanol–water partition coefficient (Wildman–Crippen LogP) is 4.08. The lowest BCUT2D eigenvalue weighted by atomic mass is 10.2. The number of benzene rings is 2. The van der Waals surface area contributed by atoms with Crippen molar-refractivity contribution in [2.24, 2.45) is 5.10 Å². The SMILES string of the molecule is O=C(N/N=C\c1cccc(Br)c1)c1cccn(Cc2ccc(Cl)cc2)c1=O. The summed E-state index contributed by atoms with van der Waals surface area (Å²) in [7, 11) is 0. The second kappa shape index (κ2) is 8.79. The van der Waals surface area contributed by atoms with Gasteiger partial charge in [-0.25, -0.2) is 5.43 Å². The molecule has 0 aliphatic rings. The lowest BCUT2D eigenvalue weighted by Gasteiger charge is -2.08. The lowest BCUT2D eigenvalue weighted by Crippen LogP contribution is -2.30. The van der Waals surface area contributed by atoms with Crippen molar-refractivity contribution in [1.82, 2.24) is 9.99 Å². The first-order chi connectivity index (χ1) is 13.0. The molecular formula is C20H15BrClN3O2. The normalized spacial score (nSPS) is 10.9. The molecule has 27 heavy (non-hydrogen) atoms. The van der Waals surface area contributed by atoms with Crippen LogP contribution in [0.15, 0.2) is 81.2 Å². The minimum atomic E-state index is -0.559. The first-order valence-electron chi connectivity index (χ1n) is 8.06. The summed E-state index contributed by atoms with van der Waals surface area (Å²) in [5.74, 6) is -0.559. The maximum absolute atomic E-state index is 12.6. The monoisotopic (exact) mass is 443 g/mol. The van der Waals surface area contributed by atoms with Crippen LogP contribution in [0.25, 0.3) is 0 Å². The van der Waals surface area contributed by atoms with Gasteiger partial charge in [-0.1, -0.05) is 51.8 Å². The van der Waals surface area contributed by atoms with Gasteiger partial charge in [0.2, 0.25) is 0 Å². The third-order valence-corrected chi connectivity index (χ3v) is 4.50. The van der Waals surface area contributed by atoms with Crippen LogP contribution in [0.5, 0.6) is 0 Å². The highest BCUT2D eigenvalue weighted by molar-refractivity contribution is 9.10. The summed E-state index contributed by atoms with van der Waals surface area (Å²) in [6.45, 7) is 0.346. The summed E-state index contributed by atoms with van der Waals surface area (Å²) in [6.07, 6.45) is 3.15. The van der Waals surface area contributed by atoms with Crippen LogP contribution in [0.3, 0.4) is 0 Å². The molecule has 0 unspecified atom stereocenters. The van der Waals surface area contributed by atoms with Crippen LogP contribution in [0, 0.1) is 0 Å². The first-order valence-corrected chi connectivity index (χ1v) is 9.23. The fraction of sp³-hybridized carbons (Fsp3) is 0.0500. The highest BCUT2D eigenvalue weighted by Gasteiger charge is 2.11. The molecular weight excluding hydrogens is 430 g/mol. The minimum Gasteiger partial charge on any atom is -0.310 e. The van der Waals surface area contributed by atoms with Gasteiger partial charge >= 0.3 is 0 Å². The van der Waals surface area contributed by atoms with Gasteiger partial charge in [0.15, 0.2) is 0 Å². The molecule has 1 aromatic heterocycles. The van der Waals surface area contributed by atoms with Crippen LogP contribution in [0.1, 0.15) is 21.5 Å². The molecule has 1 N–H and O–H groups in total. The third-order valence-electron chi connectivity index (χ3n) is 3.76. The van der Waals surface area contributed by atoms with Crippen LogP contribution in [-0.4, -0.2) is 16.7 Å². The Hall–Kier alpha value is -2.70. The number of carbonyl (C=O) groups is 1. The average molecular weight is 445 g/mol. The van der Waals surface area contributed by atoms with Crippen LogP contribution >= 0.6 is 27.5 Å². The molecule has 0 aliphatic heterocycles. The summed E-state index contributed by atoms with van der Waals surface area (Å²) in [4.78, 5) is 24.9. The number of hydrogen-bond acceptors (Lipinski definition) is 3. The molecule has 1 amide bonds. The number of nitrogens with zero attached hydrogens (tertiary/aromatic N) is 2. The number of rotatable bonds is 5. The maximum atomic E-state index is 12.6. The van der Waals surface area contributed by atoms with Crippen LogP contribution < -0.4 is 11.0 Å². The van der Waals surface area contributed by atoms with Crippen molar-refractivity contribution < 1.29 is 4.79 Å². The summed E-state index contributed by atoms with van der Waals surface area (Å²) >= 11 is 9.24. The summed E-state index contributed by atoms with van der Waals surface area (Å²) in [5.41, 5.74) is 3.76. The van der Waals surface area contributed by atoms with Crippen LogP contribution in [0.2, 0.25) is 5.02 Å². The maximum Gasteiger partial charge on any atom is 0.276 e. The van der Waals surface area contributed by atoms with E-state index in [-0.39, 0.29) is 11.1 Å². The fourth-order valence-corrected chi connectivity index (χ4v) is 2.98. The second-order valence-corrected chi connectivity index (χ2v) is 7.09. The molecule has 2 aromatic carbocycles. The molecule has 7 heteroatoms. The third kappa shape index (κ3) is 5.15. The Labute approximate surface area is 169 Å². The van der Waals surface area contributed by atoms with E-state index in [0.29, 0.717) is 11.6 Å². The van der Waals surface area contributed by atoms with E-state index in [0.717, 1.165) is 15.6 Å². The number of amides is 1. The Kier molecular flexibility index (Phi) is 6.21. The van der Waals surface area contributed by atoms with E-state index in [1.165, 1.54) is 16.8 Å². The van der Waals surface area contributed by atoms with E-state index in [1.54, 1.807) is 24.4 Å². The van der Waals surface area contributed by atoms with Crippen molar-refractivity contribution in [3.8, 4) is 0 Å². The van der Waals surface area contributed by atoms with Crippen molar-refractivity contribution >= 4 is 39.7 Å². The van der Waals surface area contributed by atoms with Crippen molar-refractivity contribution in [2.75, 3.05) is 0 Å². The zero-order valence-electron chi connectivity index (χ0n) is 14.1. The zero-order chi connectivity index (χ0) is 19.2. The van der Waals surface area contributed by atoms with Gasteiger partial charge in [0.1, 0.15) is 5.56 Å². The van der Waals surface area contributed by atoms with Gasteiger partial charge in [-0.2, -0.15) is 5.10 Å². The Bertz CT molecular complexity index is 1050. The highest BCUT2D eigenvalue weighted by atomic mass is 79.9. The molecule has 0 spiro atoms. The summed E-state index contributed by atoms with van der Waals surface area (Å²) in [6, 6.07) is 17.8. The van der Waals surface area contributed by atoms with Gasteiger partial charge in [-0.05, 0) is 47.5 Å². The molecule has 0 saturated carbocycles. The standard InChI is InChI=1S/C20H15BrClN3O2/c21-16-4-1-3-15(11-16)12-23-24-19(26)18-5-2-10-25(20(18)27)13-14-6-8-17(22)9-7-14/h1-12H,13H2,(H,24,26)/b23-12-. The summed E-state index contributed by atoms with van der Waals surface area (Å²) < 4.78 is 2.38. The fourth-order valence-electron chi connectivity index (χ4n) is 2.43. The van der Waals surface area contributed by atoms with E-state index in [2.05, 4.69) is 26.5 Å². The van der Waals surface area contributed by atoms with Gasteiger partial charge in [0.25, 0.3) is 11.5 Å². The van der Waals surface area contributed by atoms with Crippen LogP contribution in [0.4, 0.5) is 0 Å². The van der Waals surface area contributed by atoms with Gasteiger partial charge < -0.3 is 4.57 Å². The molecule has 0 bridgehead atoms. The van der Waals surface area contributed by atoms with Gasteiger partial charge in [-0.3, -0.25) is 9.59 Å².